The van der Waals surface area contributed by atoms with Crippen LogP contribution >= 0.6 is 11.8 Å². The fourth-order valence-corrected chi connectivity index (χ4v) is 8.48. The van der Waals surface area contributed by atoms with Gasteiger partial charge in [-0.3, -0.25) is 0 Å². The number of rotatable bonds is 13. The molecule has 11 heteroatoms. The van der Waals surface area contributed by atoms with Crippen molar-refractivity contribution in [3.05, 3.63) is 29.3 Å². The second kappa shape index (κ2) is 15.6. The largest absolute Gasteiger partial charge is 0.508 e. The molecule has 0 saturated heterocycles. The number of aliphatic hydroxyl groups is 1. The first-order chi connectivity index (χ1) is 20.5. The van der Waals surface area contributed by atoms with E-state index >= 15 is 0 Å². The summed E-state index contributed by atoms with van der Waals surface area (Å²) in [6.45, 7) is 4.42. The molecule has 6 atom stereocenters. The predicted molar refractivity (Wildman–Crippen MR) is 162 cm³/mol. The molecule has 3 aliphatic carbocycles. The summed E-state index contributed by atoms with van der Waals surface area (Å²) >= 11 is -1.64. The molecule has 0 radical (unpaired) electrons. The van der Waals surface area contributed by atoms with Crippen molar-refractivity contribution in [3.8, 4) is 5.75 Å². The van der Waals surface area contributed by atoms with Gasteiger partial charge in [0.1, 0.15) is 5.75 Å². The fourth-order valence-electron chi connectivity index (χ4n) is 7.74. The molecule has 254 valence electrons. The monoisotopic (exact) mass is 657 g/mol. The van der Waals surface area contributed by atoms with Crippen LogP contribution in [0.5, 0.6) is 5.75 Å². The third-order valence-corrected chi connectivity index (χ3v) is 11.2. The van der Waals surface area contributed by atoms with Crippen molar-refractivity contribution in [2.75, 3.05) is 0 Å². The van der Waals surface area contributed by atoms with Gasteiger partial charge in [0, 0.05) is 12.5 Å². The van der Waals surface area contributed by atoms with E-state index in [0.717, 1.165) is 57.3 Å². The lowest BCUT2D eigenvalue weighted by Crippen LogP contribution is -2.43. The van der Waals surface area contributed by atoms with E-state index in [1.807, 2.05) is 12.1 Å². The van der Waals surface area contributed by atoms with Crippen molar-refractivity contribution >= 4 is 11.8 Å². The van der Waals surface area contributed by atoms with Crippen molar-refractivity contribution in [2.24, 2.45) is 23.0 Å². The zero-order valence-corrected chi connectivity index (χ0v) is 26.8. The van der Waals surface area contributed by atoms with E-state index in [0.29, 0.717) is 24.0 Å². The van der Waals surface area contributed by atoms with Crippen LogP contribution in [0.4, 0.5) is 30.7 Å². The van der Waals surface area contributed by atoms with Gasteiger partial charge in [0.25, 0.3) is 5.25 Å². The van der Waals surface area contributed by atoms with Crippen LogP contribution in [0.1, 0.15) is 127 Å². The molecular formula is C33H50F7NO2S. The van der Waals surface area contributed by atoms with Crippen LogP contribution in [0.3, 0.4) is 0 Å². The lowest BCUT2D eigenvalue weighted by Gasteiger charge is -2.50. The summed E-state index contributed by atoms with van der Waals surface area (Å²) in [5, 5.41) is 10.4. The van der Waals surface area contributed by atoms with Crippen molar-refractivity contribution in [3.63, 3.8) is 0 Å². The van der Waals surface area contributed by atoms with Gasteiger partial charge >= 0.3 is 11.4 Å². The Bertz CT molecular complexity index is 1040. The average molecular weight is 658 g/mol. The van der Waals surface area contributed by atoms with E-state index < -0.39 is 34.9 Å². The molecule has 1 aromatic carbocycles. The van der Waals surface area contributed by atoms with E-state index in [1.54, 1.807) is 0 Å². The quantitative estimate of drug-likeness (QED) is 0.146. The molecule has 2 saturated carbocycles. The highest BCUT2D eigenvalue weighted by Gasteiger charge is 2.62. The summed E-state index contributed by atoms with van der Waals surface area (Å²) < 4.78 is 87.6. The molecule has 0 bridgehead atoms. The van der Waals surface area contributed by atoms with Crippen LogP contribution < -0.4 is 5.73 Å². The van der Waals surface area contributed by atoms with Crippen molar-refractivity contribution in [2.45, 2.75) is 151 Å². The molecule has 0 aliphatic heterocycles. The summed E-state index contributed by atoms with van der Waals surface area (Å²) in [6, 6.07) is 5.62. The summed E-state index contributed by atoms with van der Waals surface area (Å²) in [5.41, 5.74) is 8.75. The number of aryl methyl sites for hydroxylation is 1. The molecule has 3 aliphatic rings. The van der Waals surface area contributed by atoms with Gasteiger partial charge < -0.3 is 15.9 Å². The standard InChI is InChI=1S/C18H24O2.C15H26F7NS/c1-18-9-8-14-13-5-3-12(19)10-11(13)2-4-15(14)16(18)6-7-17(18)20;1-2-3-4-5-6-7-9-12(23)10-8-11-13(16,17)24-15(21,22)14(18,19)20/h3,5,10,14-17,19-20H,2,4,6-9H2,1H3;12H,2-11,23H2,1H3. The Morgan fingerprint density at radius 1 is 0.932 bits per heavy atom. The van der Waals surface area contributed by atoms with E-state index in [4.69, 9.17) is 5.73 Å². The van der Waals surface area contributed by atoms with Gasteiger partial charge in [0.2, 0.25) is 0 Å². The van der Waals surface area contributed by atoms with Gasteiger partial charge in [-0.1, -0.05) is 58.4 Å². The van der Waals surface area contributed by atoms with Crippen LogP contribution in [-0.2, 0) is 6.42 Å². The van der Waals surface area contributed by atoms with E-state index in [9.17, 15) is 40.9 Å². The molecule has 44 heavy (non-hydrogen) atoms. The van der Waals surface area contributed by atoms with Gasteiger partial charge in [-0.25, -0.2) is 0 Å². The second-order valence-electron chi connectivity index (χ2n) is 13.4. The number of nitrogens with two attached hydrogens (primary N) is 1. The summed E-state index contributed by atoms with van der Waals surface area (Å²) in [5.74, 6) is 2.49. The Kier molecular flexibility index (Phi) is 13.2. The number of aromatic hydroxyl groups is 1. The first kappa shape index (κ1) is 37.3. The molecule has 4 rings (SSSR count). The Morgan fingerprint density at radius 2 is 1.59 bits per heavy atom. The number of phenols is 1. The van der Waals surface area contributed by atoms with Crippen LogP contribution in [0, 0.1) is 17.3 Å². The molecule has 0 amide bonds. The van der Waals surface area contributed by atoms with Crippen LogP contribution in [0.2, 0.25) is 0 Å². The molecule has 3 nitrogen and oxygen atoms in total. The Balaban J connectivity index is 0.000000242. The molecule has 0 spiro atoms. The highest BCUT2D eigenvalue weighted by molar-refractivity contribution is 8.01. The first-order valence-electron chi connectivity index (χ1n) is 16.3. The lowest BCUT2D eigenvalue weighted by molar-refractivity contribution is -0.239. The minimum atomic E-state index is -5.99. The first-order valence-corrected chi connectivity index (χ1v) is 17.1. The highest BCUT2D eigenvalue weighted by atomic mass is 32.2. The van der Waals surface area contributed by atoms with Crippen molar-refractivity contribution in [1.29, 1.82) is 0 Å². The van der Waals surface area contributed by atoms with Gasteiger partial charge in [-0.05, 0) is 116 Å². The van der Waals surface area contributed by atoms with Crippen molar-refractivity contribution in [1.82, 2.24) is 0 Å². The number of hydrogen-bond acceptors (Lipinski definition) is 4. The van der Waals surface area contributed by atoms with Crippen LogP contribution in [-0.4, -0.2) is 39.0 Å². The molecule has 1 aromatic rings. The normalized spacial score (nSPS) is 27.5. The number of fused-ring (bicyclic) bond motifs is 5. The maximum Gasteiger partial charge on any atom is 0.464 e. The van der Waals surface area contributed by atoms with Gasteiger partial charge in [-0.15, -0.1) is 0 Å². The van der Waals surface area contributed by atoms with Crippen LogP contribution in [0.25, 0.3) is 0 Å². The Morgan fingerprint density at radius 3 is 2.27 bits per heavy atom. The average Bonchev–Trinajstić information content (AvgIpc) is 3.23. The molecule has 0 aromatic heterocycles. The number of halogens is 7. The fraction of sp³-hybridized carbons (Fsp3) is 0.818. The zero-order valence-electron chi connectivity index (χ0n) is 26.0. The summed E-state index contributed by atoms with van der Waals surface area (Å²) in [6.07, 6.45) is 6.77. The van der Waals surface area contributed by atoms with Gasteiger partial charge in [-0.2, -0.15) is 30.7 Å². The number of aliphatic hydroxyl groups excluding tert-OH is 1. The number of unbranched alkanes of at least 4 members (excludes halogenated alkanes) is 5. The van der Waals surface area contributed by atoms with Gasteiger partial charge in [0.15, 0.2) is 0 Å². The number of benzene rings is 1. The molecule has 6 unspecified atom stereocenters. The Hall–Kier alpha value is -1.20. The number of thioether (sulfide) groups is 1. The molecule has 0 heterocycles. The van der Waals surface area contributed by atoms with E-state index in [1.165, 1.54) is 36.8 Å². The SMILES string of the molecule is CC12CCC3c4ccc(O)cc4CCC3C1CCC2O.CCCCCCCCC(N)CCCC(F)(F)SC(F)(F)C(F)(F)F. The third kappa shape index (κ3) is 9.66. The smallest absolute Gasteiger partial charge is 0.464 e. The second-order valence-corrected chi connectivity index (χ2v) is 14.7. The van der Waals surface area contributed by atoms with Gasteiger partial charge in [0.05, 0.1) is 6.10 Å². The van der Waals surface area contributed by atoms with Crippen molar-refractivity contribution < 1.29 is 40.9 Å². The van der Waals surface area contributed by atoms with Crippen LogP contribution in [0.15, 0.2) is 18.2 Å². The molecular weight excluding hydrogens is 607 g/mol. The lowest BCUT2D eigenvalue weighted by atomic mass is 9.55. The maximum atomic E-state index is 13.3. The topological polar surface area (TPSA) is 66.5 Å². The number of hydrogen-bond donors (Lipinski definition) is 3. The summed E-state index contributed by atoms with van der Waals surface area (Å²) in [7, 11) is 0. The minimum absolute atomic E-state index is 0.0883. The molecule has 4 N–H and O–H groups in total. The highest BCUT2D eigenvalue weighted by Crippen LogP contribution is 2.61. The maximum absolute atomic E-state index is 13.3. The number of alkyl halides is 7. The zero-order chi connectivity index (χ0) is 32.8. The predicted octanol–water partition coefficient (Wildman–Crippen LogP) is 10.3. The summed E-state index contributed by atoms with van der Waals surface area (Å²) in [4.78, 5) is 0. The number of phenolic OH excluding ortho intramolecular Hbond substituents is 1. The molecule has 2 fully saturated rings. The third-order valence-electron chi connectivity index (χ3n) is 10.2. The Labute approximate surface area is 261 Å². The van der Waals surface area contributed by atoms with E-state index in [-0.39, 0.29) is 30.4 Å². The minimum Gasteiger partial charge on any atom is -0.508 e. The van der Waals surface area contributed by atoms with E-state index in [2.05, 4.69) is 19.9 Å².